The van der Waals surface area contributed by atoms with Gasteiger partial charge < -0.3 is 10.8 Å². The highest BCUT2D eigenvalue weighted by Crippen LogP contribution is 2.06. The van der Waals surface area contributed by atoms with Crippen molar-refractivity contribution in [3.8, 4) is 0 Å². The lowest BCUT2D eigenvalue weighted by molar-refractivity contribution is -0.120. The number of hydrogen-bond acceptors (Lipinski definition) is 4. The van der Waals surface area contributed by atoms with Crippen molar-refractivity contribution >= 4 is 23.8 Å². The first kappa shape index (κ1) is 15.2. The smallest absolute Gasteiger partial charge is 0.335 e. The maximum absolute atomic E-state index is 11.7. The number of aromatic carboxylic acids is 1. The summed E-state index contributed by atoms with van der Waals surface area (Å²) >= 11 is 0. The predicted octanol–water partition coefficient (Wildman–Crippen LogP) is 1.66. The lowest BCUT2D eigenvalue weighted by atomic mass is 10.1. The first-order valence-corrected chi connectivity index (χ1v) is 6.54. The highest BCUT2D eigenvalue weighted by molar-refractivity contribution is 5.89. The largest absolute Gasteiger partial charge is 0.478 e. The normalized spacial score (nSPS) is 10.5. The molecule has 0 aromatic heterocycles. The Balaban J connectivity index is 1.87. The van der Waals surface area contributed by atoms with Crippen LogP contribution in [0.25, 0.3) is 0 Å². The molecule has 0 fully saturated rings. The molecule has 0 atom stereocenters. The Kier molecular flexibility index (Phi) is 4.87. The molecule has 0 saturated carbocycles. The number of hydrogen-bond donors (Lipinski definition) is 3. The van der Waals surface area contributed by atoms with Gasteiger partial charge in [-0.1, -0.05) is 24.3 Å². The van der Waals surface area contributed by atoms with Gasteiger partial charge in [-0.2, -0.15) is 5.10 Å². The summed E-state index contributed by atoms with van der Waals surface area (Å²) in [6.07, 6.45) is 1.65. The second-order valence-electron chi connectivity index (χ2n) is 4.64. The van der Waals surface area contributed by atoms with E-state index in [1.54, 1.807) is 36.4 Å². The zero-order valence-electron chi connectivity index (χ0n) is 11.7. The van der Waals surface area contributed by atoms with Gasteiger partial charge >= 0.3 is 5.97 Å². The summed E-state index contributed by atoms with van der Waals surface area (Å²) in [5.41, 5.74) is 10.4. The maximum Gasteiger partial charge on any atom is 0.335 e. The van der Waals surface area contributed by atoms with Crippen molar-refractivity contribution in [2.45, 2.75) is 6.42 Å². The number of amides is 1. The molecule has 112 valence electrons. The van der Waals surface area contributed by atoms with Crippen molar-refractivity contribution in [3.63, 3.8) is 0 Å². The molecule has 4 N–H and O–H groups in total. The van der Waals surface area contributed by atoms with Crippen LogP contribution in [0.3, 0.4) is 0 Å². The first-order chi connectivity index (χ1) is 10.5. The third-order valence-electron chi connectivity index (χ3n) is 2.90. The zero-order chi connectivity index (χ0) is 15.9. The Hall–Kier alpha value is -3.15. The van der Waals surface area contributed by atoms with Crippen LogP contribution in [0.15, 0.2) is 53.6 Å². The number of carboxylic acids is 1. The van der Waals surface area contributed by atoms with Crippen LogP contribution in [-0.4, -0.2) is 23.2 Å². The fourth-order valence-corrected chi connectivity index (χ4v) is 1.75. The summed E-state index contributed by atoms with van der Waals surface area (Å²) in [4.78, 5) is 22.4. The number of nitrogens with two attached hydrogens (primary N) is 1. The van der Waals surface area contributed by atoms with Crippen molar-refractivity contribution in [1.29, 1.82) is 0 Å². The monoisotopic (exact) mass is 297 g/mol. The Morgan fingerprint density at radius 1 is 1.09 bits per heavy atom. The molecule has 0 radical (unpaired) electrons. The van der Waals surface area contributed by atoms with E-state index in [-0.39, 0.29) is 17.9 Å². The summed E-state index contributed by atoms with van der Waals surface area (Å²) in [5, 5.41) is 12.6. The average molecular weight is 297 g/mol. The van der Waals surface area contributed by atoms with Gasteiger partial charge in [-0.05, 0) is 35.4 Å². The number of carbonyl (C=O) groups is 2. The van der Waals surface area contributed by atoms with Gasteiger partial charge in [-0.25, -0.2) is 10.2 Å². The van der Waals surface area contributed by atoms with Gasteiger partial charge in [-0.3, -0.25) is 4.79 Å². The second kappa shape index (κ2) is 7.03. The molecule has 0 heterocycles. The molecule has 0 aliphatic heterocycles. The Labute approximate surface area is 127 Å². The van der Waals surface area contributed by atoms with Crippen LogP contribution < -0.4 is 11.2 Å². The van der Waals surface area contributed by atoms with Gasteiger partial charge in [-0.15, -0.1) is 0 Å². The summed E-state index contributed by atoms with van der Waals surface area (Å²) in [5.74, 6) is -1.23. The van der Waals surface area contributed by atoms with Gasteiger partial charge in [0.05, 0.1) is 18.2 Å². The second-order valence-corrected chi connectivity index (χ2v) is 4.64. The van der Waals surface area contributed by atoms with Gasteiger partial charge in [0.25, 0.3) is 0 Å². The summed E-state index contributed by atoms with van der Waals surface area (Å²) in [6, 6.07) is 13.2. The molecule has 0 unspecified atom stereocenters. The predicted molar refractivity (Wildman–Crippen MR) is 83.7 cm³/mol. The van der Waals surface area contributed by atoms with E-state index >= 15 is 0 Å². The van der Waals surface area contributed by atoms with E-state index in [9.17, 15) is 9.59 Å². The highest BCUT2D eigenvalue weighted by atomic mass is 16.4. The number of rotatable bonds is 5. The van der Waals surface area contributed by atoms with Crippen molar-refractivity contribution in [2.24, 2.45) is 5.10 Å². The van der Waals surface area contributed by atoms with Gasteiger partial charge in [0.2, 0.25) is 5.91 Å². The van der Waals surface area contributed by atoms with Crippen LogP contribution in [0.5, 0.6) is 0 Å². The van der Waals surface area contributed by atoms with Crippen molar-refractivity contribution in [1.82, 2.24) is 5.43 Å². The lowest BCUT2D eigenvalue weighted by Gasteiger charge is -2.01. The number of nitrogens with one attached hydrogen (secondary N) is 1. The molecule has 2 rings (SSSR count). The molecule has 1 amide bonds. The Morgan fingerprint density at radius 3 is 2.32 bits per heavy atom. The Morgan fingerprint density at radius 2 is 1.73 bits per heavy atom. The van der Waals surface area contributed by atoms with Crippen LogP contribution in [0.1, 0.15) is 21.5 Å². The van der Waals surface area contributed by atoms with E-state index in [2.05, 4.69) is 10.5 Å². The van der Waals surface area contributed by atoms with E-state index in [0.29, 0.717) is 11.3 Å². The number of nitrogen functional groups attached to an aromatic ring is 1. The minimum absolute atomic E-state index is 0.199. The minimum Gasteiger partial charge on any atom is -0.478 e. The molecule has 0 spiro atoms. The standard InChI is InChI=1S/C16H15N3O3/c17-14-7-3-11(4-8-14)9-15(20)19-18-10-12-1-5-13(6-2-12)16(21)22/h1-8,10H,9,17H2,(H,19,20)(H,21,22)/b18-10-. The quantitative estimate of drug-likeness (QED) is 0.443. The molecule has 0 bridgehead atoms. The summed E-state index contributed by atoms with van der Waals surface area (Å²) in [6.45, 7) is 0. The van der Waals surface area contributed by atoms with Gasteiger partial charge in [0, 0.05) is 5.69 Å². The van der Waals surface area contributed by atoms with E-state index in [4.69, 9.17) is 10.8 Å². The van der Waals surface area contributed by atoms with E-state index < -0.39 is 5.97 Å². The Bertz CT molecular complexity index is 692. The van der Waals surface area contributed by atoms with Gasteiger partial charge in [0.1, 0.15) is 0 Å². The molecule has 0 saturated heterocycles. The van der Waals surface area contributed by atoms with Crippen LogP contribution in [0.2, 0.25) is 0 Å². The number of nitrogens with zero attached hydrogens (tertiary/aromatic N) is 1. The number of carboxylic acid groups (broad SMARTS) is 1. The minimum atomic E-state index is -0.986. The number of hydrazone groups is 1. The molecule has 6 heteroatoms. The van der Waals surface area contributed by atoms with E-state index in [1.165, 1.54) is 18.3 Å². The number of anilines is 1. The molecule has 2 aromatic rings. The van der Waals surface area contributed by atoms with Gasteiger partial charge in [0.15, 0.2) is 0 Å². The number of benzene rings is 2. The van der Waals surface area contributed by atoms with Crippen molar-refractivity contribution in [3.05, 3.63) is 65.2 Å². The maximum atomic E-state index is 11.7. The molecule has 22 heavy (non-hydrogen) atoms. The molecular weight excluding hydrogens is 282 g/mol. The first-order valence-electron chi connectivity index (χ1n) is 6.54. The topological polar surface area (TPSA) is 105 Å². The zero-order valence-corrected chi connectivity index (χ0v) is 11.7. The lowest BCUT2D eigenvalue weighted by Crippen LogP contribution is -2.19. The van der Waals surface area contributed by atoms with Crippen LogP contribution >= 0.6 is 0 Å². The number of carbonyl (C=O) groups excluding carboxylic acids is 1. The molecule has 0 aliphatic rings. The van der Waals surface area contributed by atoms with Crippen LogP contribution in [0, 0.1) is 0 Å². The van der Waals surface area contributed by atoms with E-state index in [0.717, 1.165) is 5.56 Å². The molecule has 0 aliphatic carbocycles. The third kappa shape index (κ3) is 4.45. The van der Waals surface area contributed by atoms with Crippen LogP contribution in [0.4, 0.5) is 5.69 Å². The SMILES string of the molecule is Nc1ccc(CC(=O)N/N=C\c2ccc(C(=O)O)cc2)cc1. The summed E-state index contributed by atoms with van der Waals surface area (Å²) in [7, 11) is 0. The van der Waals surface area contributed by atoms with Crippen molar-refractivity contribution in [2.75, 3.05) is 5.73 Å². The molecular formula is C16H15N3O3. The highest BCUT2D eigenvalue weighted by Gasteiger charge is 2.02. The third-order valence-corrected chi connectivity index (χ3v) is 2.90. The fraction of sp³-hybridized carbons (Fsp3) is 0.0625. The molecule has 2 aromatic carbocycles. The van der Waals surface area contributed by atoms with Crippen molar-refractivity contribution < 1.29 is 14.7 Å². The summed E-state index contributed by atoms with van der Waals surface area (Å²) < 4.78 is 0. The van der Waals surface area contributed by atoms with E-state index in [1.807, 2.05) is 0 Å². The fourth-order valence-electron chi connectivity index (χ4n) is 1.75. The molecule has 6 nitrogen and oxygen atoms in total. The average Bonchev–Trinajstić information content (AvgIpc) is 2.50. The van der Waals surface area contributed by atoms with Crippen LogP contribution in [-0.2, 0) is 11.2 Å².